The molecule has 0 bridgehead atoms. The maximum absolute atomic E-state index is 11.7. The Hall–Kier alpha value is -1.87. The molecule has 2 aromatic rings. The third-order valence-corrected chi connectivity index (χ3v) is 4.34. The van der Waals surface area contributed by atoms with Crippen LogP contribution in [0.4, 0.5) is 0 Å². The molecule has 3 rings (SSSR count). The van der Waals surface area contributed by atoms with E-state index in [0.29, 0.717) is 0 Å². The number of rotatable bonds is 3. The fourth-order valence-electron chi connectivity index (χ4n) is 2.94. The molecule has 0 aliphatic carbocycles. The van der Waals surface area contributed by atoms with E-state index in [1.54, 1.807) is 16.7 Å². The Labute approximate surface area is 125 Å². The van der Waals surface area contributed by atoms with E-state index in [4.69, 9.17) is 0 Å². The van der Waals surface area contributed by atoms with Gasteiger partial charge in [0.25, 0.3) is 5.56 Å². The average Bonchev–Trinajstić information content (AvgIpc) is 2.68. The Morgan fingerprint density at radius 1 is 1.05 bits per heavy atom. The number of aryl methyl sites for hydroxylation is 2. The summed E-state index contributed by atoms with van der Waals surface area (Å²) in [5.41, 5.74) is 4.38. The van der Waals surface area contributed by atoms with Crippen LogP contribution in [0.1, 0.15) is 16.7 Å². The molecule has 0 atom stereocenters. The number of fused-ring (bicyclic) bond motifs is 1. The summed E-state index contributed by atoms with van der Waals surface area (Å²) in [6, 6.07) is 12.1. The van der Waals surface area contributed by atoms with Crippen LogP contribution in [-0.4, -0.2) is 29.6 Å². The van der Waals surface area contributed by atoms with Crippen molar-refractivity contribution in [3.63, 3.8) is 0 Å². The molecule has 21 heavy (non-hydrogen) atoms. The molecule has 0 saturated heterocycles. The molecule has 1 aromatic heterocycles. The lowest BCUT2D eigenvalue weighted by Gasteiger charge is -2.10. The number of pyridine rings is 1. The summed E-state index contributed by atoms with van der Waals surface area (Å²) in [6.07, 6.45) is 5.04. The molecule has 1 aliphatic heterocycles. The number of hydrogen-bond donors (Lipinski definition) is 0. The van der Waals surface area contributed by atoms with Gasteiger partial charge in [-0.15, -0.1) is 0 Å². The van der Waals surface area contributed by atoms with Gasteiger partial charge in [0.05, 0.1) is 0 Å². The number of hydrogen-bond acceptors (Lipinski definition) is 2. The van der Waals surface area contributed by atoms with E-state index >= 15 is 0 Å². The van der Waals surface area contributed by atoms with Gasteiger partial charge in [0.15, 0.2) is 0 Å². The molecule has 0 saturated carbocycles. The highest BCUT2D eigenvalue weighted by atomic mass is 16.1. The van der Waals surface area contributed by atoms with Crippen LogP contribution in [-0.2, 0) is 25.8 Å². The van der Waals surface area contributed by atoms with Crippen LogP contribution >= 0.6 is 0 Å². The molecule has 0 N–H and O–H groups in total. The summed E-state index contributed by atoms with van der Waals surface area (Å²) in [5.74, 6) is 0. The maximum atomic E-state index is 11.7. The van der Waals surface area contributed by atoms with Gasteiger partial charge in [-0.2, -0.15) is 0 Å². The lowest BCUT2D eigenvalue weighted by molar-refractivity contribution is 0.352. The molecular weight excluding hydrogens is 260 g/mol. The van der Waals surface area contributed by atoms with Crippen LogP contribution in [0.3, 0.4) is 0 Å². The molecule has 0 unspecified atom stereocenters. The zero-order valence-corrected chi connectivity index (χ0v) is 12.6. The minimum atomic E-state index is 0.0777. The minimum Gasteiger partial charge on any atom is -0.315 e. The van der Waals surface area contributed by atoms with Gasteiger partial charge in [0.1, 0.15) is 0 Å². The van der Waals surface area contributed by atoms with Gasteiger partial charge in [-0.05, 0) is 49.1 Å². The molecule has 0 fully saturated rings. The summed E-state index contributed by atoms with van der Waals surface area (Å²) in [4.78, 5) is 14.1. The quantitative estimate of drug-likeness (QED) is 0.861. The summed E-state index contributed by atoms with van der Waals surface area (Å²) in [5, 5.41) is 0. The van der Waals surface area contributed by atoms with Crippen LogP contribution in [0.25, 0.3) is 0 Å². The first kappa shape index (κ1) is 14.1. The van der Waals surface area contributed by atoms with Gasteiger partial charge in [0.2, 0.25) is 0 Å². The SMILES string of the molecule is CN1CCc2ccc(CCn3ccccc3=O)cc2CC1. The van der Waals surface area contributed by atoms with E-state index in [2.05, 4.69) is 30.1 Å². The zero-order valence-electron chi connectivity index (χ0n) is 12.6. The second-order valence-corrected chi connectivity index (χ2v) is 5.89. The van der Waals surface area contributed by atoms with Crippen molar-refractivity contribution >= 4 is 0 Å². The third-order valence-electron chi connectivity index (χ3n) is 4.34. The van der Waals surface area contributed by atoms with Crippen molar-refractivity contribution in [2.75, 3.05) is 20.1 Å². The monoisotopic (exact) mass is 282 g/mol. The Morgan fingerprint density at radius 2 is 1.86 bits per heavy atom. The lowest BCUT2D eigenvalue weighted by atomic mass is 9.99. The predicted molar refractivity (Wildman–Crippen MR) is 85.8 cm³/mol. The van der Waals surface area contributed by atoms with E-state index in [9.17, 15) is 4.79 Å². The predicted octanol–water partition coefficient (Wildman–Crippen LogP) is 2.12. The van der Waals surface area contributed by atoms with Crippen molar-refractivity contribution in [3.05, 3.63) is 69.6 Å². The summed E-state index contributed by atoms with van der Waals surface area (Å²) < 4.78 is 1.78. The molecular formula is C18H22N2O. The second-order valence-electron chi connectivity index (χ2n) is 5.89. The summed E-state index contributed by atoms with van der Waals surface area (Å²) in [6.45, 7) is 3.03. The molecule has 0 spiro atoms. The van der Waals surface area contributed by atoms with Crippen LogP contribution in [0.5, 0.6) is 0 Å². The van der Waals surface area contributed by atoms with Gasteiger partial charge in [0, 0.05) is 31.9 Å². The molecule has 110 valence electrons. The van der Waals surface area contributed by atoms with Crippen molar-refractivity contribution in [1.29, 1.82) is 0 Å². The lowest BCUT2D eigenvalue weighted by Crippen LogP contribution is -2.20. The minimum absolute atomic E-state index is 0.0777. The largest absolute Gasteiger partial charge is 0.315 e. The van der Waals surface area contributed by atoms with Crippen molar-refractivity contribution < 1.29 is 0 Å². The van der Waals surface area contributed by atoms with Gasteiger partial charge in [-0.1, -0.05) is 24.3 Å². The van der Waals surface area contributed by atoms with Gasteiger partial charge < -0.3 is 9.47 Å². The number of likely N-dealkylation sites (N-methyl/N-ethyl adjacent to an activating group) is 1. The van der Waals surface area contributed by atoms with Crippen molar-refractivity contribution in [2.45, 2.75) is 25.8 Å². The fourth-order valence-corrected chi connectivity index (χ4v) is 2.94. The Kier molecular flexibility index (Phi) is 4.20. The Morgan fingerprint density at radius 3 is 2.67 bits per heavy atom. The van der Waals surface area contributed by atoms with Crippen molar-refractivity contribution in [3.8, 4) is 0 Å². The fraction of sp³-hybridized carbons (Fsp3) is 0.389. The summed E-state index contributed by atoms with van der Waals surface area (Å²) >= 11 is 0. The Balaban J connectivity index is 1.73. The second kappa shape index (κ2) is 6.27. The van der Waals surface area contributed by atoms with Gasteiger partial charge >= 0.3 is 0 Å². The Bertz CT molecular complexity index is 675. The van der Waals surface area contributed by atoms with Crippen LogP contribution in [0.15, 0.2) is 47.4 Å². The van der Waals surface area contributed by atoms with Crippen LogP contribution in [0.2, 0.25) is 0 Å². The molecule has 2 heterocycles. The summed E-state index contributed by atoms with van der Waals surface area (Å²) in [7, 11) is 2.19. The topological polar surface area (TPSA) is 25.2 Å². The van der Waals surface area contributed by atoms with Crippen LogP contribution < -0.4 is 5.56 Å². The van der Waals surface area contributed by atoms with E-state index in [-0.39, 0.29) is 5.56 Å². The smallest absolute Gasteiger partial charge is 0.250 e. The molecule has 0 radical (unpaired) electrons. The maximum Gasteiger partial charge on any atom is 0.250 e. The molecule has 0 amide bonds. The van der Waals surface area contributed by atoms with E-state index < -0.39 is 0 Å². The standard InChI is InChI=1S/C18H22N2O/c1-19-11-8-16-6-5-15(14-17(16)9-12-19)7-13-20-10-3-2-4-18(20)21/h2-6,10,14H,7-9,11-13H2,1H3. The average molecular weight is 282 g/mol. The number of nitrogens with zero attached hydrogens (tertiary/aromatic N) is 2. The highest BCUT2D eigenvalue weighted by Crippen LogP contribution is 2.18. The first-order valence-electron chi connectivity index (χ1n) is 7.67. The van der Waals surface area contributed by atoms with Crippen molar-refractivity contribution in [2.24, 2.45) is 0 Å². The highest BCUT2D eigenvalue weighted by Gasteiger charge is 2.11. The third kappa shape index (κ3) is 3.42. The van der Waals surface area contributed by atoms with E-state index in [1.807, 2.05) is 12.3 Å². The van der Waals surface area contributed by atoms with Crippen molar-refractivity contribution in [1.82, 2.24) is 9.47 Å². The molecule has 3 heteroatoms. The molecule has 1 aromatic carbocycles. The molecule has 3 nitrogen and oxygen atoms in total. The normalized spacial score (nSPS) is 15.5. The first-order valence-corrected chi connectivity index (χ1v) is 7.67. The van der Waals surface area contributed by atoms with E-state index in [1.165, 1.54) is 16.7 Å². The zero-order chi connectivity index (χ0) is 14.7. The van der Waals surface area contributed by atoms with Gasteiger partial charge in [-0.25, -0.2) is 0 Å². The first-order chi connectivity index (χ1) is 10.2. The molecule has 1 aliphatic rings. The van der Waals surface area contributed by atoms with E-state index in [0.717, 1.165) is 38.9 Å². The highest BCUT2D eigenvalue weighted by molar-refractivity contribution is 5.33. The number of aromatic nitrogens is 1. The van der Waals surface area contributed by atoms with Crippen LogP contribution in [0, 0.1) is 0 Å². The number of benzene rings is 1. The van der Waals surface area contributed by atoms with Gasteiger partial charge in [-0.3, -0.25) is 4.79 Å².